The monoisotopic (exact) mass is 254 g/mol. The van der Waals surface area contributed by atoms with E-state index in [9.17, 15) is 9.90 Å². The number of piperidine rings is 2. The number of hydrogen-bond donors (Lipinski definition) is 1. The summed E-state index contributed by atoms with van der Waals surface area (Å²) in [6.45, 7) is 7.54. The Bertz CT molecular complexity index is 296. The smallest absolute Gasteiger partial charge is 0.320 e. The lowest BCUT2D eigenvalue weighted by molar-refractivity contribution is 0.0286. The third-order valence-electron chi connectivity index (χ3n) is 4.42. The Hall–Kier alpha value is -0.770. The van der Waals surface area contributed by atoms with Crippen molar-refractivity contribution in [3.63, 3.8) is 0 Å². The summed E-state index contributed by atoms with van der Waals surface area (Å²) in [5.74, 6) is 0.880. The molecular weight excluding hydrogens is 228 g/mol. The largest absolute Gasteiger partial charge is 0.393 e. The van der Waals surface area contributed by atoms with Gasteiger partial charge >= 0.3 is 6.03 Å². The van der Waals surface area contributed by atoms with Gasteiger partial charge in [0.1, 0.15) is 0 Å². The SMILES string of the molecule is CCC1CN(C(=O)N2CCCC(C)C2)CCC1O. The number of likely N-dealkylation sites (tertiary alicyclic amines) is 2. The molecule has 104 valence electrons. The van der Waals surface area contributed by atoms with Crippen LogP contribution in [0.3, 0.4) is 0 Å². The number of amides is 2. The predicted molar refractivity (Wildman–Crippen MR) is 71.3 cm³/mol. The fourth-order valence-electron chi connectivity index (χ4n) is 3.16. The molecule has 2 saturated heterocycles. The quantitative estimate of drug-likeness (QED) is 0.777. The number of hydrogen-bond acceptors (Lipinski definition) is 2. The molecule has 2 fully saturated rings. The molecule has 3 unspecified atom stereocenters. The van der Waals surface area contributed by atoms with Crippen LogP contribution in [0.2, 0.25) is 0 Å². The van der Waals surface area contributed by atoms with Gasteiger partial charge in [-0.05, 0) is 31.6 Å². The number of carbonyl (C=O) groups excluding carboxylic acids is 1. The molecule has 2 amide bonds. The minimum atomic E-state index is -0.223. The van der Waals surface area contributed by atoms with E-state index in [-0.39, 0.29) is 18.1 Å². The van der Waals surface area contributed by atoms with E-state index in [0.29, 0.717) is 12.5 Å². The van der Waals surface area contributed by atoms with Gasteiger partial charge in [0.15, 0.2) is 0 Å². The average Bonchev–Trinajstić information content (AvgIpc) is 2.38. The minimum Gasteiger partial charge on any atom is -0.393 e. The third kappa shape index (κ3) is 2.97. The first-order chi connectivity index (χ1) is 8.61. The Morgan fingerprint density at radius 3 is 2.61 bits per heavy atom. The van der Waals surface area contributed by atoms with Crippen LogP contribution in [0.15, 0.2) is 0 Å². The predicted octanol–water partition coefficient (Wildman–Crippen LogP) is 1.93. The van der Waals surface area contributed by atoms with Crippen molar-refractivity contribution >= 4 is 6.03 Å². The molecule has 4 nitrogen and oxygen atoms in total. The summed E-state index contributed by atoms with van der Waals surface area (Å²) in [5, 5.41) is 9.87. The van der Waals surface area contributed by atoms with Crippen LogP contribution in [0.4, 0.5) is 4.79 Å². The molecule has 0 bridgehead atoms. The second-order valence-electron chi connectivity index (χ2n) is 5.95. The van der Waals surface area contributed by atoms with Crippen LogP contribution in [0.1, 0.15) is 39.5 Å². The maximum atomic E-state index is 12.4. The molecule has 4 heteroatoms. The first kappa shape index (κ1) is 13.7. The molecule has 0 radical (unpaired) electrons. The number of aliphatic hydroxyl groups is 1. The van der Waals surface area contributed by atoms with E-state index in [1.807, 2.05) is 9.80 Å². The molecule has 3 atom stereocenters. The lowest BCUT2D eigenvalue weighted by atomic mass is 9.92. The number of nitrogens with zero attached hydrogens (tertiary/aromatic N) is 2. The average molecular weight is 254 g/mol. The summed E-state index contributed by atoms with van der Waals surface area (Å²) < 4.78 is 0. The van der Waals surface area contributed by atoms with E-state index < -0.39 is 0 Å². The Morgan fingerprint density at radius 2 is 1.94 bits per heavy atom. The topological polar surface area (TPSA) is 43.8 Å². The van der Waals surface area contributed by atoms with E-state index in [1.54, 1.807) is 0 Å². The van der Waals surface area contributed by atoms with Crippen LogP contribution in [0.25, 0.3) is 0 Å². The van der Waals surface area contributed by atoms with Gasteiger partial charge in [-0.15, -0.1) is 0 Å². The van der Waals surface area contributed by atoms with Crippen LogP contribution in [-0.4, -0.2) is 53.2 Å². The lowest BCUT2D eigenvalue weighted by Gasteiger charge is -2.40. The minimum absolute atomic E-state index is 0.187. The van der Waals surface area contributed by atoms with Crippen molar-refractivity contribution in [3.05, 3.63) is 0 Å². The molecule has 1 N–H and O–H groups in total. The van der Waals surface area contributed by atoms with Crippen molar-refractivity contribution in [2.45, 2.75) is 45.6 Å². The van der Waals surface area contributed by atoms with Crippen LogP contribution < -0.4 is 0 Å². The maximum Gasteiger partial charge on any atom is 0.320 e. The van der Waals surface area contributed by atoms with Crippen LogP contribution >= 0.6 is 0 Å². The molecule has 0 aromatic heterocycles. The van der Waals surface area contributed by atoms with Gasteiger partial charge in [-0.3, -0.25) is 0 Å². The van der Waals surface area contributed by atoms with Gasteiger partial charge in [-0.25, -0.2) is 4.79 Å². The Balaban J connectivity index is 1.92. The van der Waals surface area contributed by atoms with E-state index in [4.69, 9.17) is 0 Å². The van der Waals surface area contributed by atoms with Crippen LogP contribution in [-0.2, 0) is 0 Å². The van der Waals surface area contributed by atoms with Crippen molar-refractivity contribution in [1.82, 2.24) is 9.80 Å². The highest BCUT2D eigenvalue weighted by Gasteiger charge is 2.32. The molecule has 2 aliphatic heterocycles. The fraction of sp³-hybridized carbons (Fsp3) is 0.929. The van der Waals surface area contributed by atoms with Crippen molar-refractivity contribution in [1.29, 1.82) is 0 Å². The molecule has 18 heavy (non-hydrogen) atoms. The van der Waals surface area contributed by atoms with E-state index >= 15 is 0 Å². The number of rotatable bonds is 1. The molecule has 0 aromatic carbocycles. The summed E-state index contributed by atoms with van der Waals surface area (Å²) in [6, 6.07) is 0.187. The van der Waals surface area contributed by atoms with Crippen molar-refractivity contribution < 1.29 is 9.90 Å². The zero-order valence-corrected chi connectivity index (χ0v) is 11.6. The van der Waals surface area contributed by atoms with E-state index in [0.717, 1.165) is 38.9 Å². The van der Waals surface area contributed by atoms with Crippen LogP contribution in [0, 0.1) is 11.8 Å². The zero-order valence-electron chi connectivity index (χ0n) is 11.6. The summed E-state index contributed by atoms with van der Waals surface area (Å²) >= 11 is 0. The van der Waals surface area contributed by atoms with E-state index in [1.165, 1.54) is 6.42 Å². The van der Waals surface area contributed by atoms with Crippen molar-refractivity contribution in [2.75, 3.05) is 26.2 Å². The standard InChI is InChI=1S/C14H26N2O2/c1-3-12-10-16(8-6-13(12)17)14(18)15-7-4-5-11(2)9-15/h11-13,17H,3-10H2,1-2H3. The van der Waals surface area contributed by atoms with Gasteiger partial charge in [0.05, 0.1) is 6.10 Å². The Labute approximate surface area is 110 Å². The molecule has 0 aromatic rings. The highest BCUT2D eigenvalue weighted by molar-refractivity contribution is 5.74. The number of urea groups is 1. The van der Waals surface area contributed by atoms with Gasteiger partial charge in [-0.2, -0.15) is 0 Å². The highest BCUT2D eigenvalue weighted by Crippen LogP contribution is 2.23. The molecule has 2 heterocycles. The van der Waals surface area contributed by atoms with Gasteiger partial charge in [0.2, 0.25) is 0 Å². The molecule has 2 rings (SSSR count). The van der Waals surface area contributed by atoms with Gasteiger partial charge in [-0.1, -0.05) is 13.8 Å². The number of carbonyl (C=O) groups is 1. The first-order valence-electron chi connectivity index (χ1n) is 7.33. The summed E-state index contributed by atoms with van der Waals surface area (Å²) in [7, 11) is 0. The fourth-order valence-corrected chi connectivity index (χ4v) is 3.16. The number of aliphatic hydroxyl groups excluding tert-OH is 1. The molecule has 0 aliphatic carbocycles. The van der Waals surface area contributed by atoms with Gasteiger partial charge in [0, 0.05) is 32.1 Å². The van der Waals surface area contributed by atoms with Crippen molar-refractivity contribution in [3.8, 4) is 0 Å². The first-order valence-corrected chi connectivity index (χ1v) is 7.33. The molecule has 0 spiro atoms. The highest BCUT2D eigenvalue weighted by atomic mass is 16.3. The molecular formula is C14H26N2O2. The van der Waals surface area contributed by atoms with Gasteiger partial charge < -0.3 is 14.9 Å². The summed E-state index contributed by atoms with van der Waals surface area (Å²) in [4.78, 5) is 16.4. The summed E-state index contributed by atoms with van der Waals surface area (Å²) in [6.07, 6.45) is 3.81. The second kappa shape index (κ2) is 5.91. The zero-order chi connectivity index (χ0) is 13.1. The maximum absolute atomic E-state index is 12.4. The normalized spacial score (nSPS) is 33.6. The van der Waals surface area contributed by atoms with E-state index in [2.05, 4.69) is 13.8 Å². The Kier molecular flexibility index (Phi) is 4.49. The molecule has 0 saturated carbocycles. The Morgan fingerprint density at radius 1 is 1.22 bits per heavy atom. The van der Waals surface area contributed by atoms with Crippen molar-refractivity contribution in [2.24, 2.45) is 11.8 Å². The summed E-state index contributed by atoms with van der Waals surface area (Å²) in [5.41, 5.74) is 0. The third-order valence-corrected chi connectivity index (χ3v) is 4.42. The van der Waals surface area contributed by atoms with Crippen LogP contribution in [0.5, 0.6) is 0 Å². The van der Waals surface area contributed by atoms with Gasteiger partial charge in [0.25, 0.3) is 0 Å². The second-order valence-corrected chi connectivity index (χ2v) is 5.95. The lowest BCUT2D eigenvalue weighted by Crippen LogP contribution is -2.52. The molecule has 2 aliphatic rings.